The number of nitrogens with one attached hydrogen (secondary N) is 1. The first-order valence-electron chi connectivity index (χ1n) is 52.4. The van der Waals surface area contributed by atoms with Gasteiger partial charge in [-0.05, 0) is 164 Å². The van der Waals surface area contributed by atoms with Gasteiger partial charge in [-0.1, -0.05) is 198 Å². The van der Waals surface area contributed by atoms with Crippen LogP contribution in [0.25, 0.3) is 42.4 Å². The molecule has 4 saturated heterocycles. The van der Waals surface area contributed by atoms with Gasteiger partial charge in [-0.2, -0.15) is 15.3 Å². The van der Waals surface area contributed by atoms with Crippen LogP contribution in [0, 0.1) is 70.5 Å². The van der Waals surface area contributed by atoms with Crippen LogP contribution in [0.15, 0.2) is 190 Å². The third kappa shape index (κ3) is 22.9. The van der Waals surface area contributed by atoms with E-state index in [0.717, 1.165) is 108 Å². The molecule has 5 N–H and O–H groups in total. The highest BCUT2D eigenvalue weighted by molar-refractivity contribution is 7.14. The molecule has 35 heteroatoms. The molecule has 150 heavy (non-hydrogen) atoms. The Bertz CT molecular complexity index is 6560. The Morgan fingerprint density at radius 3 is 1.00 bits per heavy atom. The topological polar surface area (TPSA) is 376 Å². The number of nitrogens with zero attached hydrogens (tertiary/aromatic N) is 17. The van der Waals surface area contributed by atoms with E-state index in [1.54, 1.807) is 55.9 Å². The molecule has 4 fully saturated rings. The Labute approximate surface area is 890 Å². The van der Waals surface area contributed by atoms with E-state index in [1.165, 1.54) is 33.9 Å². The summed E-state index contributed by atoms with van der Waals surface area (Å²) in [6, 6.07) is 44.0. The number of carbonyl (C=O) groups excluding carboxylic acids is 5. The van der Waals surface area contributed by atoms with Gasteiger partial charge in [0.25, 0.3) is 0 Å². The molecular weight excluding hydrogens is 1960 g/mol. The molecule has 5 aromatic carbocycles. The monoisotopic (exact) mass is 2100 g/mol. The summed E-state index contributed by atoms with van der Waals surface area (Å²) in [5.74, 6) is -0.522. The van der Waals surface area contributed by atoms with Gasteiger partial charge < -0.3 is 63.7 Å². The van der Waals surface area contributed by atoms with Gasteiger partial charge in [-0.25, -0.2) is 19.3 Å². The first kappa shape index (κ1) is 110. The van der Waals surface area contributed by atoms with Gasteiger partial charge in [0.2, 0.25) is 29.5 Å². The lowest BCUT2D eigenvalue weighted by atomic mass is 9.84. The van der Waals surface area contributed by atoms with Crippen molar-refractivity contribution in [3.63, 3.8) is 0 Å². The molecule has 31 nitrogen and oxygen atoms in total. The summed E-state index contributed by atoms with van der Waals surface area (Å²) in [5.41, 5.74) is 21.4. The molecule has 11 aromatic rings. The van der Waals surface area contributed by atoms with Crippen molar-refractivity contribution in [3.8, 4) is 42.4 Å². The number of thiazole rings is 3. The Morgan fingerprint density at radius 2 is 0.727 bits per heavy atom. The second-order valence-electron chi connectivity index (χ2n) is 44.3. The maximum Gasteiger partial charge on any atom is 0.246 e. The summed E-state index contributed by atoms with van der Waals surface area (Å²) >= 11 is 4.92. The highest BCUT2D eigenvalue weighted by atomic mass is 32.1. The number of oxime groups is 1. The number of carbonyl (C=O) groups is 5. The summed E-state index contributed by atoms with van der Waals surface area (Å²) in [5, 5.41) is 83.2. The highest BCUT2D eigenvalue weighted by Gasteiger charge is 2.54. The summed E-state index contributed by atoms with van der Waals surface area (Å²) < 4.78 is 30.9. The van der Waals surface area contributed by atoms with Gasteiger partial charge in [-0.15, -0.1) is 34.0 Å². The van der Waals surface area contributed by atoms with Crippen molar-refractivity contribution in [3.05, 3.63) is 236 Å². The average molecular weight is 2100 g/mol. The third-order valence-corrected chi connectivity index (χ3v) is 33.9. The number of aliphatic hydroxyl groups is 4. The van der Waals surface area contributed by atoms with Crippen LogP contribution in [0.3, 0.4) is 0 Å². The predicted molar refractivity (Wildman–Crippen MR) is 583 cm³/mol. The van der Waals surface area contributed by atoms with Crippen LogP contribution in [0.2, 0.25) is 0 Å². The molecule has 5 amide bonds. The van der Waals surface area contributed by atoms with Crippen LogP contribution in [-0.2, 0) is 51.0 Å². The van der Waals surface area contributed by atoms with Crippen molar-refractivity contribution in [2.75, 3.05) is 45.8 Å². The number of halogens is 1. The normalized spacial score (nSPS) is 24.5. The molecule has 16 atom stereocenters. The van der Waals surface area contributed by atoms with E-state index in [9.17, 15) is 48.8 Å². The van der Waals surface area contributed by atoms with Crippen molar-refractivity contribution in [1.82, 2.24) is 70.4 Å². The summed E-state index contributed by atoms with van der Waals surface area (Å²) in [4.78, 5) is 96.8. The quantitative estimate of drug-likeness (QED) is 0.0336. The van der Waals surface area contributed by atoms with Crippen LogP contribution in [0.4, 0.5) is 4.39 Å². The van der Waals surface area contributed by atoms with E-state index < -0.39 is 64.8 Å². The number of benzene rings is 5. The standard InChI is InChI=1S/C31H37FN4O3.2C29H37N5O3S.C26H34N4O4S/c1-6-36-31(5,22-13-11-21(12-14-22)24-9-7-8-10-25(24)32)17-26(33-36)27-16-23(37)18-35(27)30(38)29(19(2)3)28-15-20(4)34-39-28;2*1-7-34-29(6,21-10-8-20(9-11-21)27-19(5)30-16-38-27)14-23(31-34)24-13-22(35)15-33(24)28(36)26(17(2)3)25-12-18(4)32-37-25;1-15-22(35-14-27-15)17-7-9-18(10-8-17)26(6)12-20(29-34-26)21-11-19(32)13-30(21)24(33)23(25(3,4)5)28-16(2)31/h7-15,19,23,27,29,37H,6,16-18H2,1-5H3;2*8-12,16-17,22,24,26,35H,7,13-15H2,1-6H3;7-10,14,19,21,23,32H,11-13H2,1-6H3,(H,28,31)/t;22-,24?,26-,29+;;19-,21+,23-,26-/m.1.1/s1. The van der Waals surface area contributed by atoms with Gasteiger partial charge in [0.15, 0.2) is 5.60 Å². The SMILES string of the molecule is CC(=O)N[C@H](C(=O)N1C[C@H](O)C[C@H]1C1=NO[C@@](C)(c2ccc(-c3scnc3C)cc2)C1)C(C)(C)C.CCN1N=C(C2CC(O)CN2C(=O)C(c2cc(C)no2)C(C)C)CC1(C)c1ccc(-c2ccccc2F)cc1.CCN1N=C(C2CC(O)CN2C(=O)C(c2cc(C)no2)C(C)C)CC1(C)c1ccc(-c2scnc2C)cc1.CCN1N=C(C2C[C@@H](O)CN2C(=O)[C@@H](c2cc(C)no2)C(C)C)C[C@@]1(C)c1ccc(-c2scnc2C)cc1. The van der Waals surface area contributed by atoms with E-state index >= 15 is 0 Å². The molecular formula is C115H145FN18O13S3. The van der Waals surface area contributed by atoms with Crippen LogP contribution < -0.4 is 5.32 Å². The molecule has 798 valence electrons. The fraction of sp³-hybridized carbons (Fsp3) is 0.504. The number of amides is 5. The smallest absolute Gasteiger partial charge is 0.246 e. The maximum absolute atomic E-state index is 14.4. The summed E-state index contributed by atoms with van der Waals surface area (Å²) in [6.45, 7) is 48.9. The predicted octanol–water partition coefficient (Wildman–Crippen LogP) is 19.3. The highest BCUT2D eigenvalue weighted by Crippen LogP contribution is 2.49. The Hall–Kier alpha value is -12.4. The van der Waals surface area contributed by atoms with E-state index in [4.69, 9.17) is 33.7 Å². The number of hydrogen-bond donors (Lipinski definition) is 5. The van der Waals surface area contributed by atoms with Gasteiger partial charge >= 0.3 is 0 Å². The molecule has 19 rings (SSSR count). The zero-order valence-electron chi connectivity index (χ0n) is 90.4. The van der Waals surface area contributed by atoms with Crippen LogP contribution in [-0.4, -0.2) is 238 Å². The van der Waals surface area contributed by atoms with Crippen molar-refractivity contribution < 1.29 is 67.2 Å². The molecule has 0 radical (unpaired) electrons. The number of hydrazone groups is 3. The van der Waals surface area contributed by atoms with Crippen molar-refractivity contribution in [1.29, 1.82) is 0 Å². The zero-order valence-corrected chi connectivity index (χ0v) is 92.9. The van der Waals surface area contributed by atoms with Gasteiger partial charge in [0.1, 0.15) is 46.9 Å². The van der Waals surface area contributed by atoms with E-state index in [2.05, 4.69) is 158 Å². The van der Waals surface area contributed by atoms with E-state index in [-0.39, 0.29) is 101 Å². The van der Waals surface area contributed by atoms with Crippen molar-refractivity contribution in [2.45, 2.75) is 305 Å². The third-order valence-electron chi connectivity index (χ3n) is 30.9. The molecule has 0 aliphatic carbocycles. The second kappa shape index (κ2) is 45.3. The molecule has 0 saturated carbocycles. The number of aromatic nitrogens is 6. The maximum atomic E-state index is 14.4. The first-order chi connectivity index (χ1) is 71.2. The van der Waals surface area contributed by atoms with E-state index in [0.29, 0.717) is 93.8 Å². The lowest BCUT2D eigenvalue weighted by Gasteiger charge is -2.35. The summed E-state index contributed by atoms with van der Waals surface area (Å²) in [7, 11) is 0. The Morgan fingerprint density at radius 1 is 0.427 bits per heavy atom. The number of β-amino-alcohol motifs (C(OH)–C–C–N with tert-alkyl or cyclic N) is 4. The minimum Gasteiger partial charge on any atom is -0.391 e. The fourth-order valence-electron chi connectivity index (χ4n) is 22.9. The lowest BCUT2D eigenvalue weighted by Crippen LogP contribution is -2.56. The zero-order chi connectivity index (χ0) is 108. The largest absolute Gasteiger partial charge is 0.391 e. The second-order valence-corrected chi connectivity index (χ2v) is 46.9. The molecule has 6 aromatic heterocycles. The Kier molecular flexibility index (Phi) is 33.3. The molecule has 9 unspecified atom stereocenters. The molecule has 14 heterocycles. The molecule has 0 bridgehead atoms. The fourth-order valence-corrected chi connectivity index (χ4v) is 25.4. The minimum absolute atomic E-state index is 0.000804. The number of likely N-dealkylation sites (tertiary alicyclic amines) is 4. The van der Waals surface area contributed by atoms with Crippen molar-refractivity contribution >= 4 is 86.4 Å². The van der Waals surface area contributed by atoms with Gasteiger partial charge in [0, 0.05) is 128 Å². The Balaban J connectivity index is 0.000000142. The lowest BCUT2D eigenvalue weighted by molar-refractivity contribution is -0.139. The number of rotatable bonds is 26. The van der Waals surface area contributed by atoms with Crippen LogP contribution in [0.5, 0.6) is 0 Å². The molecule has 0 spiro atoms. The van der Waals surface area contributed by atoms with Crippen molar-refractivity contribution in [2.24, 2.45) is 43.6 Å². The molecule has 8 aliphatic rings. The number of aryl methyl sites for hydroxylation is 6. The minimum atomic E-state index is -0.704. The molecule has 8 aliphatic heterocycles. The first-order valence-corrected chi connectivity index (χ1v) is 55.1. The number of hydrogen-bond acceptors (Lipinski definition) is 29. The van der Waals surface area contributed by atoms with E-state index in [1.807, 2.05) is 198 Å². The van der Waals surface area contributed by atoms with Gasteiger partial charge in [-0.3, -0.25) is 39.0 Å². The van der Waals surface area contributed by atoms with Crippen LogP contribution >= 0.6 is 34.0 Å². The number of aliphatic hydroxyl groups excluding tert-OH is 4. The summed E-state index contributed by atoms with van der Waals surface area (Å²) in [6.07, 6.45) is 1.89. The van der Waals surface area contributed by atoms with Gasteiger partial charge in [0.05, 0.1) is 153 Å². The van der Waals surface area contributed by atoms with Crippen LogP contribution in [0.1, 0.15) is 261 Å². The average Bonchev–Trinajstić information content (AvgIpc) is 1.63.